The molecule has 150 valence electrons. The third-order valence-electron chi connectivity index (χ3n) is 6.06. The van der Waals surface area contributed by atoms with Crippen LogP contribution in [-0.2, 0) is 10.2 Å². The number of halogens is 1. The first-order valence-corrected chi connectivity index (χ1v) is 9.77. The molecule has 3 aromatic rings. The number of nitrogens with one attached hydrogen (secondary N) is 1. The fraction of sp³-hybridized carbons (Fsp3) is 0.217. The Balaban J connectivity index is 1.66. The summed E-state index contributed by atoms with van der Waals surface area (Å²) in [5.74, 6) is -0.192. The Morgan fingerprint density at radius 1 is 1.13 bits per heavy atom. The van der Waals surface area contributed by atoms with Gasteiger partial charge in [-0.2, -0.15) is 0 Å². The third kappa shape index (κ3) is 2.62. The predicted octanol–water partition coefficient (Wildman–Crippen LogP) is 3.40. The number of amides is 2. The molecule has 3 heterocycles. The quantitative estimate of drug-likeness (QED) is 0.713. The van der Waals surface area contributed by atoms with E-state index in [1.807, 2.05) is 24.3 Å². The van der Waals surface area contributed by atoms with Crippen LogP contribution in [0.1, 0.15) is 39.8 Å². The van der Waals surface area contributed by atoms with E-state index >= 15 is 0 Å². The van der Waals surface area contributed by atoms with Crippen LogP contribution in [0.2, 0.25) is 0 Å². The summed E-state index contributed by atoms with van der Waals surface area (Å²) in [4.78, 5) is 36.7. The fourth-order valence-electron chi connectivity index (χ4n) is 4.68. The van der Waals surface area contributed by atoms with Crippen molar-refractivity contribution in [1.82, 2.24) is 14.9 Å². The summed E-state index contributed by atoms with van der Waals surface area (Å²) in [7, 11) is 0. The lowest BCUT2D eigenvalue weighted by atomic mass is 9.72. The molecule has 1 aromatic heterocycles. The van der Waals surface area contributed by atoms with E-state index in [0.29, 0.717) is 29.9 Å². The summed E-state index contributed by atoms with van der Waals surface area (Å²) in [6, 6.07) is 13.0. The molecular formula is C23H19FN4O2. The molecule has 2 aliphatic rings. The average Bonchev–Trinajstić information content (AvgIpc) is 3.28. The molecule has 0 radical (unpaired) electrons. The maximum absolute atomic E-state index is 13.6. The number of hydrogen-bond donors (Lipinski definition) is 1. The van der Waals surface area contributed by atoms with E-state index in [1.165, 1.54) is 24.5 Å². The van der Waals surface area contributed by atoms with Crippen molar-refractivity contribution < 1.29 is 14.0 Å². The van der Waals surface area contributed by atoms with Gasteiger partial charge in [0.2, 0.25) is 5.91 Å². The zero-order chi connectivity index (χ0) is 20.9. The molecule has 0 saturated carbocycles. The van der Waals surface area contributed by atoms with Crippen molar-refractivity contribution in [1.29, 1.82) is 0 Å². The molecule has 5 rings (SSSR count). The number of para-hydroxylation sites is 1. The second-order valence-electron chi connectivity index (χ2n) is 7.69. The highest BCUT2D eigenvalue weighted by atomic mass is 19.1. The summed E-state index contributed by atoms with van der Waals surface area (Å²) < 4.78 is 13.6. The van der Waals surface area contributed by atoms with Gasteiger partial charge in [0.05, 0.1) is 11.6 Å². The second-order valence-corrected chi connectivity index (χ2v) is 7.69. The Bertz CT molecular complexity index is 1150. The van der Waals surface area contributed by atoms with Crippen molar-refractivity contribution >= 4 is 17.5 Å². The van der Waals surface area contributed by atoms with E-state index < -0.39 is 11.5 Å². The van der Waals surface area contributed by atoms with Crippen molar-refractivity contribution in [3.8, 4) is 0 Å². The van der Waals surface area contributed by atoms with Crippen LogP contribution in [0.25, 0.3) is 0 Å². The minimum atomic E-state index is -0.935. The molecule has 2 amide bonds. The molecule has 1 saturated heterocycles. The molecule has 2 atom stereocenters. The molecular weight excluding hydrogens is 383 g/mol. The van der Waals surface area contributed by atoms with E-state index in [4.69, 9.17) is 0 Å². The minimum absolute atomic E-state index is 0.145. The maximum Gasteiger partial charge on any atom is 0.257 e. The molecule has 1 spiro atoms. The van der Waals surface area contributed by atoms with Gasteiger partial charge in [0.25, 0.3) is 5.91 Å². The smallest absolute Gasteiger partial charge is 0.257 e. The number of aromatic nitrogens is 2. The molecule has 30 heavy (non-hydrogen) atoms. The largest absolute Gasteiger partial charge is 0.330 e. The van der Waals surface area contributed by atoms with E-state index in [0.717, 1.165) is 11.3 Å². The van der Waals surface area contributed by atoms with Crippen molar-refractivity contribution in [2.24, 2.45) is 0 Å². The Labute approximate surface area is 172 Å². The zero-order valence-electron chi connectivity index (χ0n) is 16.3. The van der Waals surface area contributed by atoms with Crippen molar-refractivity contribution in [3.63, 3.8) is 0 Å². The Morgan fingerprint density at radius 2 is 1.83 bits per heavy atom. The van der Waals surface area contributed by atoms with Crippen molar-refractivity contribution in [3.05, 3.63) is 89.3 Å². The normalized spacial score (nSPS) is 22.3. The summed E-state index contributed by atoms with van der Waals surface area (Å²) in [5, 5.41) is 2.97. The Morgan fingerprint density at radius 3 is 2.57 bits per heavy atom. The molecule has 1 N–H and O–H groups in total. The SMILES string of the molecule is Cc1ncc(C(=O)N2CC[C@]3(C(=O)Nc4ccccc43)[C@@H]2c2ccc(F)cc2)cn1. The lowest BCUT2D eigenvalue weighted by molar-refractivity contribution is -0.121. The minimum Gasteiger partial charge on any atom is -0.330 e. The first kappa shape index (κ1) is 18.4. The van der Waals surface area contributed by atoms with Crippen LogP contribution in [-0.4, -0.2) is 33.2 Å². The van der Waals surface area contributed by atoms with E-state index in [-0.39, 0.29) is 17.6 Å². The van der Waals surface area contributed by atoms with Gasteiger partial charge in [-0.15, -0.1) is 0 Å². The third-order valence-corrected chi connectivity index (χ3v) is 6.06. The lowest BCUT2D eigenvalue weighted by Crippen LogP contribution is -2.42. The molecule has 0 bridgehead atoms. The zero-order valence-corrected chi connectivity index (χ0v) is 16.3. The average molecular weight is 402 g/mol. The molecule has 6 nitrogen and oxygen atoms in total. The predicted molar refractivity (Wildman–Crippen MR) is 108 cm³/mol. The van der Waals surface area contributed by atoms with Crippen molar-refractivity contribution in [2.45, 2.75) is 24.8 Å². The highest BCUT2D eigenvalue weighted by Crippen LogP contribution is 2.54. The highest BCUT2D eigenvalue weighted by Gasteiger charge is 2.59. The highest BCUT2D eigenvalue weighted by molar-refractivity contribution is 6.08. The van der Waals surface area contributed by atoms with Gasteiger partial charge in [-0.05, 0) is 42.7 Å². The number of likely N-dealkylation sites (tertiary alicyclic amines) is 1. The van der Waals surface area contributed by atoms with Crippen LogP contribution in [0.3, 0.4) is 0 Å². The van der Waals surface area contributed by atoms with Crippen LogP contribution in [0, 0.1) is 12.7 Å². The Kier molecular flexibility index (Phi) is 4.13. The molecule has 0 unspecified atom stereocenters. The standard InChI is InChI=1S/C23H19FN4O2/c1-14-25-12-16(13-26-14)21(29)28-11-10-23(20(28)15-6-8-17(24)9-7-15)18-4-2-3-5-19(18)27-22(23)30/h2-9,12-13,20H,10-11H2,1H3,(H,27,30)/t20-,23+/m0/s1. The number of anilines is 1. The first-order valence-electron chi connectivity index (χ1n) is 9.77. The number of aryl methyl sites for hydroxylation is 1. The van der Waals surface area contributed by atoms with Crippen LogP contribution in [0.15, 0.2) is 60.9 Å². The number of carbonyl (C=O) groups is 2. The van der Waals surface area contributed by atoms with Gasteiger partial charge in [0.15, 0.2) is 0 Å². The van der Waals surface area contributed by atoms with Gasteiger partial charge in [-0.1, -0.05) is 30.3 Å². The van der Waals surface area contributed by atoms with Gasteiger partial charge in [0, 0.05) is 24.6 Å². The summed E-state index contributed by atoms with van der Waals surface area (Å²) in [5.41, 5.74) is 1.75. The maximum atomic E-state index is 13.6. The number of rotatable bonds is 2. The van der Waals surface area contributed by atoms with Crippen LogP contribution in [0.4, 0.5) is 10.1 Å². The summed E-state index contributed by atoms with van der Waals surface area (Å²) >= 11 is 0. The number of carbonyl (C=O) groups excluding carboxylic acids is 2. The van der Waals surface area contributed by atoms with Gasteiger partial charge < -0.3 is 10.2 Å². The van der Waals surface area contributed by atoms with Gasteiger partial charge in [0.1, 0.15) is 17.1 Å². The van der Waals surface area contributed by atoms with Crippen LogP contribution >= 0.6 is 0 Å². The van der Waals surface area contributed by atoms with Gasteiger partial charge in [-0.3, -0.25) is 9.59 Å². The van der Waals surface area contributed by atoms with Gasteiger partial charge in [-0.25, -0.2) is 14.4 Å². The first-order chi connectivity index (χ1) is 14.5. The number of fused-ring (bicyclic) bond motifs is 2. The summed E-state index contributed by atoms with van der Waals surface area (Å²) in [6.45, 7) is 2.14. The summed E-state index contributed by atoms with van der Waals surface area (Å²) in [6.07, 6.45) is 3.47. The topological polar surface area (TPSA) is 75.2 Å². The molecule has 1 fully saturated rings. The number of hydrogen-bond acceptors (Lipinski definition) is 4. The monoisotopic (exact) mass is 402 g/mol. The number of nitrogens with zero attached hydrogens (tertiary/aromatic N) is 3. The van der Waals surface area contributed by atoms with E-state index in [2.05, 4.69) is 15.3 Å². The molecule has 0 aliphatic carbocycles. The lowest BCUT2D eigenvalue weighted by Gasteiger charge is -2.34. The second kappa shape index (κ2) is 6.73. The molecule has 2 aromatic carbocycles. The van der Waals surface area contributed by atoms with E-state index in [9.17, 15) is 14.0 Å². The van der Waals surface area contributed by atoms with Gasteiger partial charge >= 0.3 is 0 Å². The van der Waals surface area contributed by atoms with Crippen LogP contribution in [0.5, 0.6) is 0 Å². The van der Waals surface area contributed by atoms with Crippen molar-refractivity contribution in [2.75, 3.05) is 11.9 Å². The molecule has 7 heteroatoms. The fourth-order valence-corrected chi connectivity index (χ4v) is 4.68. The van der Waals surface area contributed by atoms with E-state index in [1.54, 1.807) is 24.0 Å². The van der Waals surface area contributed by atoms with Crippen LogP contribution < -0.4 is 5.32 Å². The Hall–Kier alpha value is -3.61. The molecule has 2 aliphatic heterocycles. The number of benzene rings is 2.